The van der Waals surface area contributed by atoms with Crippen LogP contribution < -0.4 is 5.43 Å². The van der Waals surface area contributed by atoms with Gasteiger partial charge in [-0.2, -0.15) is 0 Å². The fraction of sp³-hybridized carbons (Fsp3) is 0.833. The summed E-state index contributed by atoms with van der Waals surface area (Å²) in [5, 5.41) is 2.22. The van der Waals surface area contributed by atoms with Crippen molar-refractivity contribution in [1.29, 1.82) is 0 Å². The second kappa shape index (κ2) is 3.47. The van der Waals surface area contributed by atoms with E-state index in [9.17, 15) is 0 Å². The van der Waals surface area contributed by atoms with Gasteiger partial charge in [-0.15, -0.1) is 0 Å². The Bertz CT molecular complexity index is 230. The second-order valence-electron chi connectivity index (χ2n) is 5.73. The van der Waals surface area contributed by atoms with Gasteiger partial charge in [0.05, 0.1) is 0 Å². The first-order valence-electron chi connectivity index (χ1n) is 5.31. The maximum absolute atomic E-state index is 5.33. The molecule has 2 nitrogen and oxygen atoms in total. The van der Waals surface area contributed by atoms with E-state index in [1.165, 1.54) is 12.8 Å². The van der Waals surface area contributed by atoms with Crippen LogP contribution in [0, 0.1) is 18.4 Å². The molecule has 1 aliphatic heterocycles. The molecule has 0 spiro atoms. The Morgan fingerprint density at radius 2 is 1.64 bits per heavy atom. The van der Waals surface area contributed by atoms with E-state index < -0.39 is 0 Å². The van der Waals surface area contributed by atoms with Gasteiger partial charge >= 0.3 is 0 Å². The van der Waals surface area contributed by atoms with Gasteiger partial charge in [0.2, 0.25) is 0 Å². The molecule has 0 radical (unpaired) electrons. The summed E-state index contributed by atoms with van der Waals surface area (Å²) in [6, 6.07) is 2.54. The molecule has 0 aliphatic carbocycles. The lowest BCUT2D eigenvalue weighted by molar-refractivity contribution is -0.0728. The molecule has 1 heterocycles. The second-order valence-corrected chi connectivity index (χ2v) is 5.73. The number of terminal acetylenes is 1. The van der Waals surface area contributed by atoms with E-state index >= 15 is 0 Å². The largest absolute Gasteiger partial charge is 0.277 e. The summed E-state index contributed by atoms with van der Waals surface area (Å²) < 4.78 is 0. The predicted octanol–water partition coefficient (Wildman–Crippen LogP) is 2.37. The van der Waals surface area contributed by atoms with Crippen molar-refractivity contribution in [2.45, 2.75) is 58.5 Å². The van der Waals surface area contributed by atoms with Gasteiger partial charge < -0.3 is 0 Å². The normalized spacial score (nSPS) is 26.9. The van der Waals surface area contributed by atoms with E-state index in [-0.39, 0.29) is 11.1 Å². The highest BCUT2D eigenvalue weighted by molar-refractivity contribution is 4.99. The van der Waals surface area contributed by atoms with Crippen LogP contribution in [0.5, 0.6) is 0 Å². The number of nitrogens with zero attached hydrogens (tertiary/aromatic N) is 1. The molecular weight excluding hydrogens is 172 g/mol. The van der Waals surface area contributed by atoms with Crippen molar-refractivity contribution in [1.82, 2.24) is 10.4 Å². The Labute approximate surface area is 88.0 Å². The molecule has 0 amide bonds. The maximum atomic E-state index is 5.33. The summed E-state index contributed by atoms with van der Waals surface area (Å²) in [5.74, 6) is 0.760. The van der Waals surface area contributed by atoms with Gasteiger partial charge in [0.15, 0.2) is 0 Å². The molecular formula is C12H22N2. The van der Waals surface area contributed by atoms with Crippen molar-refractivity contribution in [3.8, 4) is 12.5 Å². The minimum Gasteiger partial charge on any atom is -0.277 e. The van der Waals surface area contributed by atoms with E-state index in [2.05, 4.69) is 51.1 Å². The average Bonchev–Trinajstić information content (AvgIpc) is 1.94. The molecule has 0 saturated carbocycles. The zero-order chi connectivity index (χ0) is 11.0. The van der Waals surface area contributed by atoms with Gasteiger partial charge in [0, 0.05) is 17.1 Å². The first kappa shape index (κ1) is 11.4. The molecule has 0 bridgehead atoms. The van der Waals surface area contributed by atoms with Crippen molar-refractivity contribution in [2.75, 3.05) is 0 Å². The lowest BCUT2D eigenvalue weighted by Crippen LogP contribution is -2.64. The number of hydrogen-bond acceptors (Lipinski definition) is 2. The molecule has 14 heavy (non-hydrogen) atoms. The number of hydrazine groups is 1. The van der Waals surface area contributed by atoms with Crippen molar-refractivity contribution in [3.63, 3.8) is 0 Å². The standard InChI is InChI=1S/C12H22N2/c1-7-13-14-11(3,4)8-10(2)9-12(14,5)6/h1,10,13H,8-9H2,2-6H3. The summed E-state index contributed by atoms with van der Waals surface area (Å²) in [4.78, 5) is 0. The summed E-state index contributed by atoms with van der Waals surface area (Å²) >= 11 is 0. The molecule has 1 saturated heterocycles. The first-order valence-corrected chi connectivity index (χ1v) is 5.31. The summed E-state index contributed by atoms with van der Waals surface area (Å²) in [7, 11) is 0. The highest BCUT2D eigenvalue weighted by Gasteiger charge is 2.44. The Kier molecular flexibility index (Phi) is 2.83. The lowest BCUT2D eigenvalue weighted by Gasteiger charge is -2.53. The molecule has 80 valence electrons. The van der Waals surface area contributed by atoms with Gasteiger partial charge in [0.1, 0.15) is 0 Å². The molecule has 1 aliphatic rings. The molecule has 2 heteroatoms. The van der Waals surface area contributed by atoms with Gasteiger partial charge in [-0.1, -0.05) is 13.3 Å². The molecule has 0 aromatic rings. The van der Waals surface area contributed by atoms with Crippen LogP contribution in [0.1, 0.15) is 47.5 Å². The molecule has 0 aromatic carbocycles. The van der Waals surface area contributed by atoms with Gasteiger partial charge in [-0.25, -0.2) is 5.01 Å². The number of nitrogens with one attached hydrogen (secondary N) is 1. The van der Waals surface area contributed by atoms with Gasteiger partial charge in [-0.3, -0.25) is 5.43 Å². The third kappa shape index (κ3) is 2.04. The first-order chi connectivity index (χ1) is 6.29. The highest BCUT2D eigenvalue weighted by Crippen LogP contribution is 2.39. The lowest BCUT2D eigenvalue weighted by atomic mass is 9.76. The Balaban J connectivity index is 2.92. The van der Waals surface area contributed by atoms with Crippen LogP contribution in [-0.2, 0) is 0 Å². The fourth-order valence-electron chi connectivity index (χ4n) is 3.15. The van der Waals surface area contributed by atoms with Crippen molar-refractivity contribution in [3.05, 3.63) is 0 Å². The van der Waals surface area contributed by atoms with Crippen molar-refractivity contribution < 1.29 is 0 Å². The third-order valence-corrected chi connectivity index (χ3v) is 3.08. The smallest absolute Gasteiger partial charge is 0.0360 e. The van der Waals surface area contributed by atoms with Crippen LogP contribution in [-0.4, -0.2) is 16.1 Å². The maximum Gasteiger partial charge on any atom is 0.0360 e. The number of piperidine rings is 1. The summed E-state index contributed by atoms with van der Waals surface area (Å²) in [6.45, 7) is 11.3. The Morgan fingerprint density at radius 1 is 1.21 bits per heavy atom. The Hall–Kier alpha value is -0.680. The summed E-state index contributed by atoms with van der Waals surface area (Å²) in [5.41, 5.74) is 3.31. The van der Waals surface area contributed by atoms with E-state index in [4.69, 9.17) is 6.42 Å². The number of hydrogen-bond donors (Lipinski definition) is 1. The van der Waals surface area contributed by atoms with Crippen LogP contribution in [0.2, 0.25) is 0 Å². The molecule has 1 fully saturated rings. The highest BCUT2D eigenvalue weighted by atomic mass is 15.6. The minimum atomic E-state index is 0.132. The van der Waals surface area contributed by atoms with Crippen molar-refractivity contribution in [2.24, 2.45) is 5.92 Å². The van der Waals surface area contributed by atoms with E-state index in [1.54, 1.807) is 0 Å². The Morgan fingerprint density at radius 3 is 2.00 bits per heavy atom. The van der Waals surface area contributed by atoms with E-state index in [0.717, 1.165) is 5.92 Å². The third-order valence-electron chi connectivity index (χ3n) is 3.08. The van der Waals surface area contributed by atoms with Crippen LogP contribution in [0.3, 0.4) is 0 Å². The molecule has 0 unspecified atom stereocenters. The van der Waals surface area contributed by atoms with Gasteiger partial charge in [-0.05, 0) is 46.5 Å². The zero-order valence-corrected chi connectivity index (χ0v) is 10.0. The van der Waals surface area contributed by atoms with Crippen LogP contribution >= 0.6 is 0 Å². The molecule has 1 N–H and O–H groups in total. The van der Waals surface area contributed by atoms with E-state index in [1.807, 2.05) is 0 Å². The number of rotatable bonds is 1. The predicted molar refractivity (Wildman–Crippen MR) is 60.4 cm³/mol. The van der Waals surface area contributed by atoms with Crippen LogP contribution in [0.4, 0.5) is 0 Å². The topological polar surface area (TPSA) is 15.3 Å². The molecule has 0 aromatic heterocycles. The molecule has 1 rings (SSSR count). The van der Waals surface area contributed by atoms with Gasteiger partial charge in [0.25, 0.3) is 0 Å². The monoisotopic (exact) mass is 194 g/mol. The SMILES string of the molecule is C#CNN1C(C)(C)CC(C)CC1(C)C. The average molecular weight is 194 g/mol. The van der Waals surface area contributed by atoms with Crippen LogP contribution in [0.15, 0.2) is 0 Å². The fourth-order valence-corrected chi connectivity index (χ4v) is 3.15. The zero-order valence-electron chi connectivity index (χ0n) is 10.0. The molecule has 0 atom stereocenters. The van der Waals surface area contributed by atoms with Crippen molar-refractivity contribution >= 4 is 0 Å². The van der Waals surface area contributed by atoms with Crippen LogP contribution in [0.25, 0.3) is 0 Å². The van der Waals surface area contributed by atoms with E-state index in [0.29, 0.717) is 0 Å². The quantitative estimate of drug-likeness (QED) is 0.509. The summed E-state index contributed by atoms with van der Waals surface area (Å²) in [6.07, 6.45) is 7.70. The minimum absolute atomic E-state index is 0.132.